The number of carbonyl (C=O) groups is 2. The van der Waals surface area contributed by atoms with Gasteiger partial charge in [-0.15, -0.1) is 0 Å². The quantitative estimate of drug-likeness (QED) is 0.648. The first-order valence-corrected chi connectivity index (χ1v) is 7.34. The Balaban J connectivity index is 1.77. The van der Waals surface area contributed by atoms with Gasteiger partial charge in [0.1, 0.15) is 0 Å². The molecule has 2 rings (SSSR count). The summed E-state index contributed by atoms with van der Waals surface area (Å²) in [7, 11) is 0. The van der Waals surface area contributed by atoms with E-state index in [1.54, 1.807) is 24.3 Å². The lowest BCUT2D eigenvalue weighted by Crippen LogP contribution is -2.49. The number of β-amino-alcohol motifs (C(OH)–C–C–N with tert-alkyl or cyclic N) is 1. The minimum absolute atomic E-state index is 0.0811. The first-order valence-electron chi connectivity index (χ1n) is 7.34. The Morgan fingerprint density at radius 3 is 2.23 bits per heavy atom. The highest BCUT2D eigenvalue weighted by Gasteiger charge is 2.18. The molecule has 1 aromatic carbocycles. The molecular weight excluding hydrogens is 284 g/mol. The summed E-state index contributed by atoms with van der Waals surface area (Å²) in [4.78, 5) is 27.2. The van der Waals surface area contributed by atoms with Gasteiger partial charge < -0.3 is 16.2 Å². The van der Waals surface area contributed by atoms with Crippen LogP contribution in [0.25, 0.3) is 0 Å². The van der Waals surface area contributed by atoms with Crippen molar-refractivity contribution >= 4 is 17.5 Å². The van der Waals surface area contributed by atoms with E-state index in [1.807, 2.05) is 0 Å². The number of hydrogen-bond acceptors (Lipinski definition) is 5. The van der Waals surface area contributed by atoms with Gasteiger partial charge in [-0.3, -0.25) is 19.4 Å². The van der Waals surface area contributed by atoms with Crippen molar-refractivity contribution in [3.05, 3.63) is 29.8 Å². The van der Waals surface area contributed by atoms with Crippen molar-refractivity contribution in [2.75, 3.05) is 51.2 Å². The van der Waals surface area contributed by atoms with Crippen LogP contribution in [0.2, 0.25) is 0 Å². The number of rotatable bonds is 6. The number of amides is 2. The van der Waals surface area contributed by atoms with Gasteiger partial charge in [-0.2, -0.15) is 0 Å². The SMILES string of the molecule is NC(=O)c1ccc(NC(=O)CN2CCN(CCO)CC2)cc1. The first-order chi connectivity index (χ1) is 10.6. The lowest BCUT2D eigenvalue weighted by molar-refractivity contribution is -0.117. The molecule has 1 aliphatic rings. The summed E-state index contributed by atoms with van der Waals surface area (Å²) in [5, 5.41) is 11.7. The van der Waals surface area contributed by atoms with Crippen LogP contribution in [-0.4, -0.2) is 72.6 Å². The number of piperazine rings is 1. The molecule has 4 N–H and O–H groups in total. The van der Waals surface area contributed by atoms with Gasteiger partial charge >= 0.3 is 0 Å². The van der Waals surface area contributed by atoms with Crippen LogP contribution in [0.5, 0.6) is 0 Å². The van der Waals surface area contributed by atoms with E-state index in [2.05, 4.69) is 15.1 Å². The number of hydrogen-bond donors (Lipinski definition) is 3. The van der Waals surface area contributed by atoms with Gasteiger partial charge in [0.15, 0.2) is 0 Å². The Bertz CT molecular complexity index is 510. The molecule has 1 heterocycles. The molecule has 7 heteroatoms. The topological polar surface area (TPSA) is 98.9 Å². The van der Waals surface area contributed by atoms with E-state index in [0.29, 0.717) is 24.3 Å². The van der Waals surface area contributed by atoms with Crippen molar-refractivity contribution in [2.24, 2.45) is 5.73 Å². The van der Waals surface area contributed by atoms with E-state index in [4.69, 9.17) is 10.8 Å². The predicted molar refractivity (Wildman–Crippen MR) is 83.6 cm³/mol. The largest absolute Gasteiger partial charge is 0.395 e. The van der Waals surface area contributed by atoms with E-state index in [0.717, 1.165) is 26.2 Å². The van der Waals surface area contributed by atoms with Gasteiger partial charge in [0, 0.05) is 44.0 Å². The molecule has 0 unspecified atom stereocenters. The molecule has 0 aliphatic carbocycles. The van der Waals surface area contributed by atoms with Gasteiger partial charge in [-0.1, -0.05) is 0 Å². The third-order valence-corrected chi connectivity index (χ3v) is 3.70. The van der Waals surface area contributed by atoms with Gasteiger partial charge in [0.05, 0.1) is 13.2 Å². The predicted octanol–water partition coefficient (Wildman–Crippen LogP) is -0.666. The van der Waals surface area contributed by atoms with E-state index in [-0.39, 0.29) is 12.5 Å². The van der Waals surface area contributed by atoms with Gasteiger partial charge in [-0.05, 0) is 24.3 Å². The Morgan fingerprint density at radius 2 is 1.68 bits per heavy atom. The fourth-order valence-electron chi connectivity index (χ4n) is 2.43. The number of nitrogens with two attached hydrogens (primary N) is 1. The van der Waals surface area contributed by atoms with Gasteiger partial charge in [0.2, 0.25) is 11.8 Å². The molecule has 1 fully saturated rings. The highest BCUT2D eigenvalue weighted by atomic mass is 16.3. The number of anilines is 1. The van der Waals surface area contributed by atoms with Crippen molar-refractivity contribution in [1.29, 1.82) is 0 Å². The number of primary amides is 1. The third kappa shape index (κ3) is 4.80. The Hall–Kier alpha value is -1.96. The normalized spacial score (nSPS) is 16.4. The number of nitrogens with zero attached hydrogens (tertiary/aromatic N) is 2. The lowest BCUT2D eigenvalue weighted by Gasteiger charge is -2.33. The fraction of sp³-hybridized carbons (Fsp3) is 0.467. The van der Waals surface area contributed by atoms with E-state index < -0.39 is 5.91 Å². The summed E-state index contributed by atoms with van der Waals surface area (Å²) in [6.07, 6.45) is 0. The number of aliphatic hydroxyl groups excluding tert-OH is 1. The maximum absolute atomic E-state index is 12.0. The minimum Gasteiger partial charge on any atom is -0.395 e. The van der Waals surface area contributed by atoms with Crippen LogP contribution in [0.3, 0.4) is 0 Å². The van der Waals surface area contributed by atoms with E-state index >= 15 is 0 Å². The molecule has 0 spiro atoms. The van der Waals surface area contributed by atoms with Gasteiger partial charge in [-0.25, -0.2) is 0 Å². The van der Waals surface area contributed by atoms with Gasteiger partial charge in [0.25, 0.3) is 0 Å². The molecule has 22 heavy (non-hydrogen) atoms. The van der Waals surface area contributed by atoms with Crippen LogP contribution in [0.4, 0.5) is 5.69 Å². The Morgan fingerprint density at radius 1 is 1.09 bits per heavy atom. The molecule has 0 atom stereocenters. The summed E-state index contributed by atoms with van der Waals surface area (Å²) in [6.45, 7) is 4.54. The average Bonchev–Trinajstić information content (AvgIpc) is 2.50. The fourth-order valence-corrected chi connectivity index (χ4v) is 2.43. The smallest absolute Gasteiger partial charge is 0.248 e. The zero-order valence-electron chi connectivity index (χ0n) is 12.5. The number of carbonyl (C=O) groups excluding carboxylic acids is 2. The molecule has 120 valence electrons. The summed E-state index contributed by atoms with van der Waals surface area (Å²) in [6, 6.07) is 6.51. The molecule has 2 amide bonds. The maximum Gasteiger partial charge on any atom is 0.248 e. The number of aliphatic hydroxyl groups is 1. The zero-order chi connectivity index (χ0) is 15.9. The molecular formula is C15H22N4O3. The highest BCUT2D eigenvalue weighted by Crippen LogP contribution is 2.09. The maximum atomic E-state index is 12.0. The summed E-state index contributed by atoms with van der Waals surface area (Å²) in [5.74, 6) is -0.568. The molecule has 1 aliphatic heterocycles. The van der Waals surface area contributed by atoms with E-state index in [1.165, 1.54) is 0 Å². The number of nitrogens with one attached hydrogen (secondary N) is 1. The van der Waals surface area contributed by atoms with Crippen molar-refractivity contribution in [3.8, 4) is 0 Å². The van der Waals surface area contributed by atoms with Crippen LogP contribution in [0, 0.1) is 0 Å². The Labute approximate surface area is 129 Å². The average molecular weight is 306 g/mol. The number of benzene rings is 1. The Kier molecular flexibility index (Phi) is 5.88. The second-order valence-electron chi connectivity index (χ2n) is 5.33. The van der Waals surface area contributed by atoms with E-state index in [9.17, 15) is 9.59 Å². The van der Waals surface area contributed by atoms with Crippen LogP contribution in [0.1, 0.15) is 10.4 Å². The standard InChI is InChI=1S/C15H22N4O3/c16-15(22)12-1-3-13(4-2-12)17-14(21)11-19-7-5-18(6-8-19)9-10-20/h1-4,20H,5-11H2,(H2,16,22)(H,17,21). The second kappa shape index (κ2) is 7.88. The molecule has 0 radical (unpaired) electrons. The van der Waals surface area contributed by atoms with Crippen LogP contribution >= 0.6 is 0 Å². The first kappa shape index (κ1) is 16.4. The molecule has 1 aromatic rings. The van der Waals surface area contributed by atoms with Crippen LogP contribution in [0.15, 0.2) is 24.3 Å². The molecule has 0 saturated carbocycles. The summed E-state index contributed by atoms with van der Waals surface area (Å²) >= 11 is 0. The zero-order valence-corrected chi connectivity index (χ0v) is 12.5. The minimum atomic E-state index is -0.487. The molecule has 1 saturated heterocycles. The van der Waals surface area contributed by atoms with Crippen molar-refractivity contribution < 1.29 is 14.7 Å². The highest BCUT2D eigenvalue weighted by molar-refractivity contribution is 5.95. The summed E-state index contributed by atoms with van der Waals surface area (Å²) < 4.78 is 0. The lowest BCUT2D eigenvalue weighted by atomic mass is 10.2. The molecule has 0 aromatic heterocycles. The van der Waals surface area contributed by atoms with Crippen molar-refractivity contribution in [2.45, 2.75) is 0 Å². The molecule has 0 bridgehead atoms. The van der Waals surface area contributed by atoms with Crippen molar-refractivity contribution in [3.63, 3.8) is 0 Å². The summed E-state index contributed by atoms with van der Waals surface area (Å²) in [5.41, 5.74) is 6.23. The van der Waals surface area contributed by atoms with Crippen LogP contribution in [-0.2, 0) is 4.79 Å². The second-order valence-corrected chi connectivity index (χ2v) is 5.33. The van der Waals surface area contributed by atoms with Crippen LogP contribution < -0.4 is 11.1 Å². The third-order valence-electron chi connectivity index (χ3n) is 3.70. The molecule has 7 nitrogen and oxygen atoms in total. The monoisotopic (exact) mass is 306 g/mol. The van der Waals surface area contributed by atoms with Crippen molar-refractivity contribution in [1.82, 2.24) is 9.80 Å².